The van der Waals surface area contributed by atoms with Crippen molar-refractivity contribution in [3.05, 3.63) is 35.7 Å². The normalized spacial score (nSPS) is 10.3. The molecule has 0 radical (unpaired) electrons. The molecule has 21 heavy (non-hydrogen) atoms. The van der Waals surface area contributed by atoms with Crippen LogP contribution in [0.25, 0.3) is 5.95 Å². The number of hydrogen-bond acceptors (Lipinski definition) is 6. The topological polar surface area (TPSA) is 103 Å². The van der Waals surface area contributed by atoms with Crippen LogP contribution in [0.5, 0.6) is 0 Å². The molecule has 0 aliphatic carbocycles. The van der Waals surface area contributed by atoms with Gasteiger partial charge in [-0.15, -0.1) is 0 Å². The molecule has 0 amide bonds. The van der Waals surface area contributed by atoms with Gasteiger partial charge in [0.15, 0.2) is 11.4 Å². The molecule has 1 N–H and O–H groups in total. The van der Waals surface area contributed by atoms with E-state index in [1.54, 1.807) is 12.4 Å². The first kappa shape index (κ1) is 14.6. The maximum Gasteiger partial charge on any atom is 0.235 e. The van der Waals surface area contributed by atoms with Gasteiger partial charge in [0.05, 0.1) is 0 Å². The lowest BCUT2D eigenvalue weighted by atomic mass is 10.2. The Bertz CT molecular complexity index is 686. The smallest absolute Gasteiger partial charge is 0.235 e. The summed E-state index contributed by atoms with van der Waals surface area (Å²) in [6, 6.07) is 3.81. The standard InChI is InChI=1S/C14H15N7/c1-10(2)5-17-6-11-7-18-14(19-8-11)21-9-20-12(3-15)13(21)4-16/h7-10,17H,5-6H2,1-2H3. The largest absolute Gasteiger partial charge is 0.312 e. The van der Waals surface area contributed by atoms with Crippen LogP contribution in [0.15, 0.2) is 18.7 Å². The van der Waals surface area contributed by atoms with Crippen molar-refractivity contribution in [3.8, 4) is 18.1 Å². The maximum atomic E-state index is 9.08. The van der Waals surface area contributed by atoms with Crippen LogP contribution >= 0.6 is 0 Å². The van der Waals surface area contributed by atoms with Gasteiger partial charge in [-0.05, 0) is 12.5 Å². The quantitative estimate of drug-likeness (QED) is 0.881. The van der Waals surface area contributed by atoms with E-state index in [-0.39, 0.29) is 11.4 Å². The van der Waals surface area contributed by atoms with E-state index in [9.17, 15) is 0 Å². The zero-order valence-electron chi connectivity index (χ0n) is 11.9. The van der Waals surface area contributed by atoms with Crippen molar-refractivity contribution in [2.45, 2.75) is 20.4 Å². The van der Waals surface area contributed by atoms with E-state index in [0.717, 1.165) is 12.1 Å². The summed E-state index contributed by atoms with van der Waals surface area (Å²) < 4.78 is 1.41. The van der Waals surface area contributed by atoms with Gasteiger partial charge < -0.3 is 5.32 Å². The van der Waals surface area contributed by atoms with Crippen molar-refractivity contribution in [3.63, 3.8) is 0 Å². The molecule has 0 aliphatic heterocycles. The fourth-order valence-corrected chi connectivity index (χ4v) is 1.76. The highest BCUT2D eigenvalue weighted by molar-refractivity contribution is 5.39. The van der Waals surface area contributed by atoms with Gasteiger partial charge in [-0.3, -0.25) is 4.57 Å². The Balaban J connectivity index is 2.15. The van der Waals surface area contributed by atoms with Crippen molar-refractivity contribution >= 4 is 0 Å². The van der Waals surface area contributed by atoms with Gasteiger partial charge >= 0.3 is 0 Å². The van der Waals surface area contributed by atoms with Crippen LogP contribution in [0, 0.1) is 28.6 Å². The monoisotopic (exact) mass is 281 g/mol. The van der Waals surface area contributed by atoms with E-state index in [1.165, 1.54) is 10.9 Å². The number of imidazole rings is 1. The molecule has 0 atom stereocenters. The molecule has 7 nitrogen and oxygen atoms in total. The predicted molar refractivity (Wildman–Crippen MR) is 75.1 cm³/mol. The van der Waals surface area contributed by atoms with E-state index < -0.39 is 0 Å². The first-order valence-corrected chi connectivity index (χ1v) is 6.55. The fraction of sp³-hybridized carbons (Fsp3) is 0.357. The van der Waals surface area contributed by atoms with Crippen molar-refractivity contribution in [1.29, 1.82) is 10.5 Å². The lowest BCUT2D eigenvalue weighted by Gasteiger charge is -2.07. The Morgan fingerprint density at radius 2 is 1.90 bits per heavy atom. The zero-order chi connectivity index (χ0) is 15.2. The molecule has 2 rings (SSSR count). The third-order valence-corrected chi connectivity index (χ3v) is 2.77. The highest BCUT2D eigenvalue weighted by Crippen LogP contribution is 2.10. The molecular formula is C14H15N7. The van der Waals surface area contributed by atoms with Crippen molar-refractivity contribution in [2.24, 2.45) is 5.92 Å². The third-order valence-electron chi connectivity index (χ3n) is 2.77. The highest BCUT2D eigenvalue weighted by atomic mass is 15.2. The molecule has 0 unspecified atom stereocenters. The molecule has 0 saturated carbocycles. The summed E-state index contributed by atoms with van der Waals surface area (Å²) in [7, 11) is 0. The van der Waals surface area contributed by atoms with Gasteiger partial charge in [-0.1, -0.05) is 13.8 Å². The van der Waals surface area contributed by atoms with Gasteiger partial charge in [-0.25, -0.2) is 15.0 Å². The van der Waals surface area contributed by atoms with Crippen molar-refractivity contribution in [1.82, 2.24) is 24.8 Å². The summed E-state index contributed by atoms with van der Waals surface area (Å²) in [5.74, 6) is 0.909. The molecule has 0 fully saturated rings. The van der Waals surface area contributed by atoms with Gasteiger partial charge in [0.25, 0.3) is 0 Å². The molecule has 0 bridgehead atoms. The molecule has 0 aromatic carbocycles. The van der Waals surface area contributed by atoms with Gasteiger partial charge in [0.1, 0.15) is 18.5 Å². The Kier molecular flexibility index (Phi) is 4.60. The molecule has 2 heterocycles. The number of nitrogens with one attached hydrogen (secondary N) is 1. The molecule has 106 valence electrons. The summed E-state index contributed by atoms with van der Waals surface area (Å²) in [6.07, 6.45) is 4.77. The average molecular weight is 281 g/mol. The first-order valence-electron chi connectivity index (χ1n) is 6.55. The lowest BCUT2D eigenvalue weighted by Crippen LogP contribution is -2.19. The Morgan fingerprint density at radius 3 is 2.48 bits per heavy atom. The van der Waals surface area contributed by atoms with Crippen LogP contribution < -0.4 is 5.32 Å². The summed E-state index contributed by atoms with van der Waals surface area (Å²) in [5.41, 5.74) is 1.17. The van der Waals surface area contributed by atoms with Gasteiger partial charge in [0.2, 0.25) is 5.95 Å². The van der Waals surface area contributed by atoms with Gasteiger partial charge in [0, 0.05) is 24.5 Å². The van der Waals surface area contributed by atoms with Crippen LogP contribution in [0.4, 0.5) is 0 Å². The summed E-state index contributed by atoms with van der Waals surface area (Å²) in [5, 5.41) is 21.2. The second-order valence-electron chi connectivity index (χ2n) is 4.95. The Hall–Kier alpha value is -2.77. The van der Waals surface area contributed by atoms with E-state index >= 15 is 0 Å². The van der Waals surface area contributed by atoms with Crippen LogP contribution in [0.2, 0.25) is 0 Å². The van der Waals surface area contributed by atoms with Crippen LogP contribution in [-0.2, 0) is 6.54 Å². The highest BCUT2D eigenvalue weighted by Gasteiger charge is 2.13. The summed E-state index contributed by atoms with van der Waals surface area (Å²) in [6.45, 7) is 5.90. The van der Waals surface area contributed by atoms with Crippen molar-refractivity contribution in [2.75, 3.05) is 6.54 Å². The van der Waals surface area contributed by atoms with Crippen LogP contribution in [0.3, 0.4) is 0 Å². The lowest BCUT2D eigenvalue weighted by molar-refractivity contribution is 0.551. The molecule has 7 heteroatoms. The molecule has 0 spiro atoms. The second-order valence-corrected chi connectivity index (χ2v) is 4.95. The zero-order valence-corrected chi connectivity index (χ0v) is 11.9. The minimum Gasteiger partial charge on any atom is -0.312 e. The number of rotatable bonds is 5. The van der Waals surface area contributed by atoms with E-state index in [0.29, 0.717) is 18.4 Å². The van der Waals surface area contributed by atoms with Gasteiger partial charge in [-0.2, -0.15) is 10.5 Å². The molecule has 2 aromatic heterocycles. The minimum atomic E-state index is 0.0729. The maximum absolute atomic E-state index is 9.08. The van der Waals surface area contributed by atoms with Crippen molar-refractivity contribution < 1.29 is 0 Å². The Morgan fingerprint density at radius 1 is 1.19 bits per heavy atom. The Labute approximate surface area is 122 Å². The number of aromatic nitrogens is 4. The van der Waals surface area contributed by atoms with E-state index in [4.69, 9.17) is 10.5 Å². The number of nitrogens with zero attached hydrogens (tertiary/aromatic N) is 6. The second kappa shape index (κ2) is 6.60. The third kappa shape index (κ3) is 3.41. The number of nitriles is 2. The van der Waals surface area contributed by atoms with E-state index in [2.05, 4.69) is 34.1 Å². The van der Waals surface area contributed by atoms with E-state index in [1.807, 2.05) is 12.1 Å². The molecule has 0 saturated heterocycles. The van der Waals surface area contributed by atoms with Crippen LogP contribution in [0.1, 0.15) is 30.8 Å². The average Bonchev–Trinajstić information content (AvgIpc) is 2.90. The summed E-state index contributed by atoms with van der Waals surface area (Å²) in [4.78, 5) is 12.3. The van der Waals surface area contributed by atoms with Crippen LogP contribution in [-0.4, -0.2) is 26.1 Å². The predicted octanol–water partition coefficient (Wildman–Crippen LogP) is 1.15. The molecule has 0 aliphatic rings. The summed E-state index contributed by atoms with van der Waals surface area (Å²) >= 11 is 0. The number of hydrogen-bond donors (Lipinski definition) is 1. The first-order chi connectivity index (χ1) is 10.2. The molecular weight excluding hydrogens is 266 g/mol. The molecule has 2 aromatic rings. The minimum absolute atomic E-state index is 0.0729. The SMILES string of the molecule is CC(C)CNCc1cnc(-n2cnc(C#N)c2C#N)nc1. The fourth-order valence-electron chi connectivity index (χ4n) is 1.76.